The van der Waals surface area contributed by atoms with Crippen molar-refractivity contribution in [3.8, 4) is 0 Å². The quantitative estimate of drug-likeness (QED) is 0.302. The molecule has 1 N–H and O–H groups in total. The lowest BCUT2D eigenvalue weighted by Gasteiger charge is -2.21. The standard InChI is InChI=1S/C7H16N3O4P/c1-3-13-15(12,14-4-2)7(11)5-6-9-10-8/h7,11H,3-6H2,1-2H3. The Balaban J connectivity index is 4.33. The van der Waals surface area contributed by atoms with Crippen LogP contribution in [0.2, 0.25) is 0 Å². The van der Waals surface area contributed by atoms with Crippen molar-refractivity contribution < 1.29 is 18.7 Å². The lowest BCUT2D eigenvalue weighted by atomic mass is 10.5. The smallest absolute Gasteiger partial charge is 0.358 e. The average Bonchev–Trinajstić information content (AvgIpc) is 2.18. The summed E-state index contributed by atoms with van der Waals surface area (Å²) < 4.78 is 21.7. The van der Waals surface area contributed by atoms with E-state index in [0.29, 0.717) is 0 Å². The van der Waals surface area contributed by atoms with Crippen LogP contribution in [0.4, 0.5) is 0 Å². The summed E-state index contributed by atoms with van der Waals surface area (Å²) in [5.74, 6) is -1.25. The second kappa shape index (κ2) is 7.68. The fraction of sp³-hybridized carbons (Fsp3) is 1.00. The van der Waals surface area contributed by atoms with Crippen molar-refractivity contribution in [2.45, 2.75) is 26.1 Å². The molecular weight excluding hydrogens is 221 g/mol. The minimum absolute atomic E-state index is 0.0569. The predicted octanol–water partition coefficient (Wildman–Crippen LogP) is 2.27. The second-order valence-corrected chi connectivity index (χ2v) is 4.79. The lowest BCUT2D eigenvalue weighted by Crippen LogP contribution is -2.13. The van der Waals surface area contributed by atoms with Crippen LogP contribution < -0.4 is 0 Å². The summed E-state index contributed by atoms with van der Waals surface area (Å²) in [6, 6.07) is 0. The van der Waals surface area contributed by atoms with Crippen LogP contribution in [0.1, 0.15) is 20.3 Å². The first-order chi connectivity index (χ1) is 7.10. The first-order valence-corrected chi connectivity index (χ1v) is 6.29. The maximum atomic E-state index is 11.9. The molecule has 88 valence electrons. The number of rotatable bonds is 8. The molecule has 8 heteroatoms. The summed E-state index contributed by atoms with van der Waals surface area (Å²) in [5, 5.41) is 12.8. The minimum Gasteiger partial charge on any atom is -0.380 e. The van der Waals surface area contributed by atoms with Crippen molar-refractivity contribution in [2.75, 3.05) is 19.8 Å². The number of azide groups is 1. The first kappa shape index (κ1) is 14.4. The van der Waals surface area contributed by atoms with Crippen molar-refractivity contribution in [1.82, 2.24) is 0 Å². The zero-order valence-corrected chi connectivity index (χ0v) is 9.76. The fourth-order valence-corrected chi connectivity index (χ4v) is 2.52. The summed E-state index contributed by atoms with van der Waals surface area (Å²) in [6.45, 7) is 3.76. The number of hydrogen-bond donors (Lipinski definition) is 1. The molecular formula is C7H16N3O4P. The number of hydrogen-bond acceptors (Lipinski definition) is 5. The summed E-state index contributed by atoms with van der Waals surface area (Å²) in [4.78, 5) is 2.52. The third-order valence-electron chi connectivity index (χ3n) is 1.53. The van der Waals surface area contributed by atoms with Crippen LogP contribution in [-0.2, 0) is 13.6 Å². The van der Waals surface area contributed by atoms with E-state index in [9.17, 15) is 9.67 Å². The van der Waals surface area contributed by atoms with Gasteiger partial charge < -0.3 is 14.2 Å². The Morgan fingerprint density at radius 3 is 2.40 bits per heavy atom. The van der Waals surface area contributed by atoms with Gasteiger partial charge in [0.25, 0.3) is 0 Å². The Morgan fingerprint density at radius 1 is 1.47 bits per heavy atom. The average molecular weight is 237 g/mol. The van der Waals surface area contributed by atoms with E-state index in [-0.39, 0.29) is 26.2 Å². The van der Waals surface area contributed by atoms with Crippen LogP contribution in [-0.4, -0.2) is 30.7 Å². The molecule has 0 aromatic carbocycles. The Morgan fingerprint density at radius 2 is 2.00 bits per heavy atom. The third-order valence-corrected chi connectivity index (χ3v) is 3.76. The summed E-state index contributed by atoms with van der Waals surface area (Å²) in [6.07, 6.45) is 0.0569. The summed E-state index contributed by atoms with van der Waals surface area (Å²) >= 11 is 0. The Hall–Kier alpha value is -0.580. The molecule has 15 heavy (non-hydrogen) atoms. The molecule has 0 aromatic heterocycles. The van der Waals surface area contributed by atoms with E-state index >= 15 is 0 Å². The molecule has 0 radical (unpaired) electrons. The van der Waals surface area contributed by atoms with Crippen LogP contribution in [0.3, 0.4) is 0 Å². The summed E-state index contributed by atoms with van der Waals surface area (Å²) in [7, 11) is -3.48. The second-order valence-electron chi connectivity index (χ2n) is 2.60. The van der Waals surface area contributed by atoms with Gasteiger partial charge in [-0.15, -0.1) is 0 Å². The summed E-state index contributed by atoms with van der Waals surface area (Å²) in [5.41, 5.74) is 8.03. The molecule has 0 aliphatic carbocycles. The highest BCUT2D eigenvalue weighted by Gasteiger charge is 2.33. The zero-order valence-electron chi connectivity index (χ0n) is 8.87. The number of aliphatic hydroxyl groups is 1. The van der Waals surface area contributed by atoms with E-state index in [1.54, 1.807) is 13.8 Å². The van der Waals surface area contributed by atoms with Crippen molar-refractivity contribution in [3.63, 3.8) is 0 Å². The van der Waals surface area contributed by atoms with E-state index in [1.165, 1.54) is 0 Å². The molecule has 0 saturated carbocycles. The molecule has 0 amide bonds. The van der Waals surface area contributed by atoms with E-state index in [4.69, 9.17) is 14.6 Å². The topological polar surface area (TPSA) is 105 Å². The molecule has 0 heterocycles. The Bertz CT molecular complexity index is 257. The van der Waals surface area contributed by atoms with Gasteiger partial charge in [0.2, 0.25) is 0 Å². The normalized spacial score (nSPS) is 13.3. The van der Waals surface area contributed by atoms with Gasteiger partial charge in [0.1, 0.15) is 0 Å². The van der Waals surface area contributed by atoms with Crippen molar-refractivity contribution in [1.29, 1.82) is 0 Å². The van der Waals surface area contributed by atoms with Crippen molar-refractivity contribution in [3.05, 3.63) is 10.4 Å². The number of aliphatic hydroxyl groups excluding tert-OH is 1. The highest BCUT2D eigenvalue weighted by Crippen LogP contribution is 2.52. The van der Waals surface area contributed by atoms with Gasteiger partial charge in [0.05, 0.1) is 13.2 Å². The van der Waals surface area contributed by atoms with Gasteiger partial charge in [-0.2, -0.15) is 0 Å². The fourth-order valence-electron chi connectivity index (χ4n) is 0.945. The van der Waals surface area contributed by atoms with Crippen LogP contribution in [0.15, 0.2) is 5.11 Å². The van der Waals surface area contributed by atoms with Gasteiger partial charge in [-0.05, 0) is 25.8 Å². The van der Waals surface area contributed by atoms with Gasteiger partial charge in [0.15, 0.2) is 5.85 Å². The van der Waals surface area contributed by atoms with Crippen molar-refractivity contribution >= 4 is 7.60 Å². The maximum Gasteiger partial charge on any atom is 0.358 e. The molecule has 0 aliphatic rings. The van der Waals surface area contributed by atoms with Gasteiger partial charge in [-0.25, -0.2) is 0 Å². The molecule has 0 spiro atoms. The van der Waals surface area contributed by atoms with E-state index in [1.807, 2.05) is 0 Å². The Kier molecular flexibility index (Phi) is 7.38. The molecule has 0 aromatic rings. The van der Waals surface area contributed by atoms with Crippen LogP contribution >= 0.6 is 7.60 Å². The number of nitrogens with zero attached hydrogens (tertiary/aromatic N) is 3. The Labute approximate surface area is 88.5 Å². The van der Waals surface area contributed by atoms with E-state index in [2.05, 4.69) is 10.0 Å². The van der Waals surface area contributed by atoms with Gasteiger partial charge in [0, 0.05) is 11.5 Å². The first-order valence-electron chi connectivity index (χ1n) is 4.68. The molecule has 0 fully saturated rings. The monoisotopic (exact) mass is 237 g/mol. The lowest BCUT2D eigenvalue weighted by molar-refractivity contribution is 0.145. The zero-order chi connectivity index (χ0) is 11.7. The molecule has 0 aliphatic heterocycles. The highest BCUT2D eigenvalue weighted by molar-refractivity contribution is 7.54. The highest BCUT2D eigenvalue weighted by atomic mass is 31.2. The molecule has 1 unspecified atom stereocenters. The van der Waals surface area contributed by atoms with Gasteiger partial charge >= 0.3 is 7.60 Å². The van der Waals surface area contributed by atoms with E-state index < -0.39 is 13.4 Å². The molecule has 0 rings (SSSR count). The predicted molar refractivity (Wildman–Crippen MR) is 55.5 cm³/mol. The van der Waals surface area contributed by atoms with Gasteiger partial charge in [-0.3, -0.25) is 4.57 Å². The molecule has 1 atom stereocenters. The molecule has 7 nitrogen and oxygen atoms in total. The van der Waals surface area contributed by atoms with E-state index in [0.717, 1.165) is 0 Å². The van der Waals surface area contributed by atoms with Crippen molar-refractivity contribution in [2.24, 2.45) is 5.11 Å². The maximum absolute atomic E-state index is 11.9. The largest absolute Gasteiger partial charge is 0.380 e. The minimum atomic E-state index is -3.48. The van der Waals surface area contributed by atoms with Crippen LogP contribution in [0.5, 0.6) is 0 Å². The van der Waals surface area contributed by atoms with Gasteiger partial charge in [-0.1, -0.05) is 5.11 Å². The molecule has 0 saturated heterocycles. The SMILES string of the molecule is CCOP(=O)(OCC)C(O)CCN=[N+]=[N-]. The van der Waals surface area contributed by atoms with Crippen LogP contribution in [0, 0.1) is 0 Å². The molecule has 0 bridgehead atoms. The van der Waals surface area contributed by atoms with Crippen LogP contribution in [0.25, 0.3) is 10.4 Å². The third kappa shape index (κ3) is 5.16.